The predicted molar refractivity (Wildman–Crippen MR) is 193 cm³/mol. The average Bonchev–Trinajstić information content (AvgIpc) is 3.49. The number of aliphatic hydroxyl groups excluding tert-OH is 6. The van der Waals surface area contributed by atoms with Crippen LogP contribution in [-0.2, 0) is 4.74 Å². The van der Waals surface area contributed by atoms with E-state index in [1.165, 1.54) is 70.6 Å². The fourth-order valence-corrected chi connectivity index (χ4v) is 15.0. The first-order chi connectivity index (χ1) is 23.2. The van der Waals surface area contributed by atoms with Gasteiger partial charge in [-0.15, -0.1) is 0 Å². The van der Waals surface area contributed by atoms with Crippen LogP contribution in [0.4, 0.5) is 0 Å². The second-order valence-corrected chi connectivity index (χ2v) is 20.4. The molecule has 9 N–H and O–H groups in total. The van der Waals surface area contributed by atoms with Gasteiger partial charge in [0.2, 0.25) is 0 Å². The van der Waals surface area contributed by atoms with E-state index < -0.39 is 61.5 Å². The van der Waals surface area contributed by atoms with Crippen molar-refractivity contribution in [2.24, 2.45) is 68.3 Å². The summed E-state index contributed by atoms with van der Waals surface area (Å²) >= 11 is 0. The first kappa shape index (κ1) is 39.3. The van der Waals surface area contributed by atoms with E-state index in [1.54, 1.807) is 0 Å². The summed E-state index contributed by atoms with van der Waals surface area (Å²) in [6, 6.07) is -1.20. The second-order valence-electron chi connectivity index (χ2n) is 20.4. The lowest BCUT2D eigenvalue weighted by atomic mass is 9.32. The van der Waals surface area contributed by atoms with E-state index in [4.69, 9.17) is 10.5 Å². The summed E-state index contributed by atoms with van der Waals surface area (Å²) in [5.74, 6) is 4.03. The normalized spacial score (nSPS) is 52.3. The summed E-state index contributed by atoms with van der Waals surface area (Å²) in [6.07, 6.45) is 7.11. The van der Waals surface area contributed by atoms with Crippen LogP contribution in [0.5, 0.6) is 0 Å². The molecule has 0 heterocycles. The molecule has 0 aliphatic heterocycles. The molecule has 0 saturated heterocycles. The molecule has 6 aliphatic rings. The van der Waals surface area contributed by atoms with Crippen LogP contribution in [0.1, 0.15) is 132 Å². The molecule has 0 aromatic carbocycles. The van der Waals surface area contributed by atoms with Gasteiger partial charge in [0.15, 0.2) is 0 Å². The van der Waals surface area contributed by atoms with Gasteiger partial charge in [0, 0.05) is 0 Å². The Morgan fingerprint density at radius 3 is 2.00 bits per heavy atom. The minimum Gasteiger partial charge on any atom is -0.393 e. The molecule has 9 nitrogen and oxygen atoms in total. The minimum atomic E-state index is -2.20. The highest BCUT2D eigenvalue weighted by Gasteiger charge is 2.70. The van der Waals surface area contributed by atoms with Crippen molar-refractivity contribution in [2.75, 3.05) is 13.2 Å². The van der Waals surface area contributed by atoms with E-state index in [9.17, 15) is 35.7 Å². The van der Waals surface area contributed by atoms with Crippen LogP contribution in [0.2, 0.25) is 0 Å². The number of rotatable bonds is 10. The number of hydrogen-bond acceptors (Lipinski definition) is 9. The first-order valence-corrected chi connectivity index (χ1v) is 20.3. The molecular weight excluding hydrogens is 634 g/mol. The van der Waals surface area contributed by atoms with E-state index >= 15 is 0 Å². The fraction of sp³-hybridized carbons (Fsp3) is 1.00. The molecule has 18 atom stereocenters. The van der Waals surface area contributed by atoms with Gasteiger partial charge >= 0.3 is 0 Å². The monoisotopic (exact) mass is 708 g/mol. The standard InChI is InChI=1S/C41H73NO8/c1-23(9-10-26(44)32(46)27(45)21-50-35-31(42)33(47)34(48)41(35,49)22-43)24-13-18-37(4)25(24)14-19-39(6)29(37)11-12-30-38(5)17-8-16-36(2,3)28(38)15-20-40(30,39)7/h23-35,43-49H,8-22,42H2,1-7H3. The van der Waals surface area contributed by atoms with E-state index in [-0.39, 0.29) is 0 Å². The molecule has 0 aromatic rings. The zero-order valence-corrected chi connectivity index (χ0v) is 32.2. The summed E-state index contributed by atoms with van der Waals surface area (Å²) in [7, 11) is 0. The van der Waals surface area contributed by atoms with E-state index in [2.05, 4.69) is 48.5 Å². The highest BCUT2D eigenvalue weighted by atomic mass is 16.5. The molecule has 0 amide bonds. The van der Waals surface area contributed by atoms with Gasteiger partial charge in [0.1, 0.15) is 36.1 Å². The lowest BCUT2D eigenvalue weighted by Crippen LogP contribution is -2.65. The van der Waals surface area contributed by atoms with Crippen molar-refractivity contribution in [3.63, 3.8) is 0 Å². The molecule has 6 saturated carbocycles. The van der Waals surface area contributed by atoms with Gasteiger partial charge in [0.05, 0.1) is 25.4 Å². The molecular formula is C41H73NO8. The van der Waals surface area contributed by atoms with Crippen molar-refractivity contribution in [1.29, 1.82) is 0 Å². The van der Waals surface area contributed by atoms with Gasteiger partial charge in [0.25, 0.3) is 0 Å². The van der Waals surface area contributed by atoms with Crippen LogP contribution >= 0.6 is 0 Å². The van der Waals surface area contributed by atoms with Crippen LogP contribution in [0, 0.1) is 62.6 Å². The van der Waals surface area contributed by atoms with Crippen molar-refractivity contribution in [2.45, 2.75) is 180 Å². The third-order valence-corrected chi connectivity index (χ3v) is 18.0. The highest BCUT2D eigenvalue weighted by molar-refractivity contribution is 5.19. The fourth-order valence-electron chi connectivity index (χ4n) is 15.0. The molecule has 0 spiro atoms. The minimum absolute atomic E-state index is 0.327. The van der Waals surface area contributed by atoms with E-state index in [0.717, 1.165) is 24.2 Å². The molecule has 6 fully saturated rings. The number of nitrogens with two attached hydrogens (primary N) is 1. The number of ether oxygens (including phenoxy) is 1. The maximum absolute atomic E-state index is 10.9. The lowest BCUT2D eigenvalue weighted by Gasteiger charge is -2.73. The third-order valence-electron chi connectivity index (χ3n) is 18.0. The summed E-state index contributed by atoms with van der Waals surface area (Å²) < 4.78 is 5.53. The molecule has 6 rings (SSSR count). The Morgan fingerprint density at radius 2 is 1.36 bits per heavy atom. The molecule has 0 radical (unpaired) electrons. The Labute approximate surface area is 301 Å². The van der Waals surface area contributed by atoms with Gasteiger partial charge in [-0.25, -0.2) is 0 Å². The Morgan fingerprint density at radius 1 is 0.740 bits per heavy atom. The zero-order chi connectivity index (χ0) is 36.8. The summed E-state index contributed by atoms with van der Waals surface area (Å²) in [6.45, 7) is 16.8. The molecule has 0 aromatic heterocycles. The first-order valence-electron chi connectivity index (χ1n) is 20.3. The van der Waals surface area contributed by atoms with E-state index in [1.807, 2.05) is 0 Å². The second kappa shape index (κ2) is 13.4. The van der Waals surface area contributed by atoms with Crippen molar-refractivity contribution >= 4 is 0 Å². The maximum atomic E-state index is 10.9. The number of fused-ring (bicyclic) bond motifs is 7. The number of aliphatic hydroxyl groups is 7. The summed E-state index contributed by atoms with van der Waals surface area (Å²) in [5.41, 5.74) is 5.67. The zero-order valence-electron chi connectivity index (χ0n) is 32.2. The van der Waals surface area contributed by atoms with Crippen molar-refractivity contribution in [3.05, 3.63) is 0 Å². The maximum Gasteiger partial charge on any atom is 0.144 e. The molecule has 6 aliphatic carbocycles. The van der Waals surface area contributed by atoms with Crippen molar-refractivity contribution < 1.29 is 40.5 Å². The van der Waals surface area contributed by atoms with Gasteiger partial charge in [-0.3, -0.25) is 0 Å². The van der Waals surface area contributed by atoms with Crippen LogP contribution in [0.25, 0.3) is 0 Å². The molecule has 50 heavy (non-hydrogen) atoms. The molecule has 18 unspecified atom stereocenters. The average molecular weight is 708 g/mol. The van der Waals surface area contributed by atoms with Crippen LogP contribution in [0.15, 0.2) is 0 Å². The molecule has 9 heteroatoms. The topological polar surface area (TPSA) is 177 Å². The van der Waals surface area contributed by atoms with Gasteiger partial charge in [-0.1, -0.05) is 54.9 Å². The Balaban J connectivity index is 1.06. The van der Waals surface area contributed by atoms with Crippen LogP contribution in [-0.4, -0.2) is 97.2 Å². The molecule has 0 bridgehead atoms. The number of hydrogen-bond donors (Lipinski definition) is 8. The Kier molecular flexibility index (Phi) is 10.6. The van der Waals surface area contributed by atoms with Crippen LogP contribution < -0.4 is 5.73 Å². The molecule has 290 valence electrons. The summed E-state index contributed by atoms with van der Waals surface area (Å²) in [4.78, 5) is 0. The largest absolute Gasteiger partial charge is 0.393 e. The highest BCUT2D eigenvalue weighted by Crippen LogP contribution is 2.78. The van der Waals surface area contributed by atoms with Crippen molar-refractivity contribution in [1.82, 2.24) is 0 Å². The Hall–Kier alpha value is -0.360. The van der Waals surface area contributed by atoms with Gasteiger partial charge in [-0.2, -0.15) is 0 Å². The Bertz CT molecular complexity index is 1220. The van der Waals surface area contributed by atoms with E-state index in [0.29, 0.717) is 51.2 Å². The quantitative estimate of drug-likeness (QED) is 0.166. The van der Waals surface area contributed by atoms with Gasteiger partial charge in [-0.05, 0) is 140 Å². The SMILES string of the molecule is CC(CCC(O)C(O)C(O)COC1C(N)C(O)C(O)C1(O)CO)C1CCC2(C)C1CCC1(C)C2CCC2C3(C)CCCC(C)(C)C3CCC21C. The third kappa shape index (κ3) is 5.72. The summed E-state index contributed by atoms with van der Waals surface area (Å²) in [5, 5.41) is 72.9. The van der Waals surface area contributed by atoms with Crippen molar-refractivity contribution in [3.8, 4) is 0 Å². The smallest absolute Gasteiger partial charge is 0.144 e. The van der Waals surface area contributed by atoms with Crippen LogP contribution in [0.3, 0.4) is 0 Å². The lowest BCUT2D eigenvalue weighted by molar-refractivity contribution is -0.241. The van der Waals surface area contributed by atoms with Gasteiger partial charge < -0.3 is 46.2 Å². The predicted octanol–water partition coefficient (Wildman–Crippen LogP) is 4.15.